The summed E-state index contributed by atoms with van der Waals surface area (Å²) in [6, 6.07) is 12.7. The zero-order chi connectivity index (χ0) is 19.6. The lowest BCUT2D eigenvalue weighted by Gasteiger charge is -2.14. The fourth-order valence-corrected chi connectivity index (χ4v) is 2.72. The number of aliphatic imine (C=N–C) groups is 1. The number of guanidine groups is 1. The second-order valence-electron chi connectivity index (χ2n) is 5.46. The highest BCUT2D eigenvalue weighted by Gasteiger charge is 2.07. The fourth-order valence-electron chi connectivity index (χ4n) is 2.32. The summed E-state index contributed by atoms with van der Waals surface area (Å²) in [5.41, 5.74) is 1.41. The monoisotopic (exact) mass is 434 g/mol. The molecule has 0 radical (unpaired) electrons. The lowest BCUT2D eigenvalue weighted by Crippen LogP contribution is -2.37. The van der Waals surface area contributed by atoms with Crippen molar-refractivity contribution in [1.29, 1.82) is 0 Å². The maximum absolute atomic E-state index is 12.1. The molecule has 0 aromatic heterocycles. The molecule has 0 unspecified atom stereocenters. The van der Waals surface area contributed by atoms with Crippen molar-refractivity contribution < 1.29 is 14.3 Å². The van der Waals surface area contributed by atoms with Crippen LogP contribution in [0.1, 0.15) is 10.4 Å². The van der Waals surface area contributed by atoms with Gasteiger partial charge in [-0.1, -0.05) is 22.0 Å². The summed E-state index contributed by atoms with van der Waals surface area (Å²) in [7, 11) is 4.85. The summed E-state index contributed by atoms with van der Waals surface area (Å²) in [5, 5.41) is 9.17. The molecule has 0 atom stereocenters. The van der Waals surface area contributed by atoms with Crippen molar-refractivity contribution in [3.8, 4) is 11.5 Å². The quantitative estimate of drug-likeness (QED) is 0.354. The van der Waals surface area contributed by atoms with E-state index in [-0.39, 0.29) is 5.91 Å². The Bertz CT molecular complexity index is 811. The van der Waals surface area contributed by atoms with E-state index in [0.717, 1.165) is 10.2 Å². The molecule has 7 nitrogen and oxygen atoms in total. The highest BCUT2D eigenvalue weighted by Crippen LogP contribution is 2.29. The van der Waals surface area contributed by atoms with Crippen molar-refractivity contribution in [2.75, 3.05) is 39.7 Å². The van der Waals surface area contributed by atoms with Gasteiger partial charge in [-0.2, -0.15) is 0 Å². The van der Waals surface area contributed by atoms with Crippen molar-refractivity contribution in [2.24, 2.45) is 4.99 Å². The van der Waals surface area contributed by atoms with Gasteiger partial charge in [-0.05, 0) is 30.3 Å². The molecular formula is C19H23BrN4O3. The average Bonchev–Trinajstić information content (AvgIpc) is 2.69. The van der Waals surface area contributed by atoms with Crippen LogP contribution in [-0.2, 0) is 0 Å². The van der Waals surface area contributed by atoms with Gasteiger partial charge in [-0.3, -0.25) is 9.79 Å². The normalized spacial score (nSPS) is 10.9. The first-order chi connectivity index (χ1) is 13.1. The zero-order valence-corrected chi connectivity index (χ0v) is 17.1. The molecule has 0 saturated carbocycles. The van der Waals surface area contributed by atoms with Crippen LogP contribution < -0.4 is 25.4 Å². The first-order valence-electron chi connectivity index (χ1n) is 8.31. The predicted molar refractivity (Wildman–Crippen MR) is 111 cm³/mol. The molecule has 0 aliphatic carbocycles. The Kier molecular flexibility index (Phi) is 7.94. The van der Waals surface area contributed by atoms with Gasteiger partial charge in [-0.15, -0.1) is 0 Å². The molecule has 1 amide bonds. The Balaban J connectivity index is 1.83. The Morgan fingerprint density at radius 2 is 1.78 bits per heavy atom. The lowest BCUT2D eigenvalue weighted by atomic mass is 10.2. The summed E-state index contributed by atoms with van der Waals surface area (Å²) in [4.78, 5) is 16.3. The maximum atomic E-state index is 12.1. The number of hydrogen-bond acceptors (Lipinski definition) is 4. The van der Waals surface area contributed by atoms with Crippen LogP contribution in [0.4, 0.5) is 5.69 Å². The minimum absolute atomic E-state index is 0.124. The van der Waals surface area contributed by atoms with Gasteiger partial charge < -0.3 is 25.4 Å². The van der Waals surface area contributed by atoms with Crippen LogP contribution in [0.25, 0.3) is 0 Å². The van der Waals surface area contributed by atoms with Crippen molar-refractivity contribution >= 4 is 33.5 Å². The molecule has 0 heterocycles. The molecule has 2 aromatic rings. The molecule has 27 heavy (non-hydrogen) atoms. The van der Waals surface area contributed by atoms with E-state index in [1.54, 1.807) is 33.4 Å². The molecule has 0 aliphatic heterocycles. The number of halogens is 1. The molecule has 3 N–H and O–H groups in total. The van der Waals surface area contributed by atoms with E-state index in [1.807, 2.05) is 30.3 Å². The fraction of sp³-hybridized carbons (Fsp3) is 0.263. The van der Waals surface area contributed by atoms with Gasteiger partial charge in [0.15, 0.2) is 17.5 Å². The number of nitrogens with zero attached hydrogens (tertiary/aromatic N) is 1. The van der Waals surface area contributed by atoms with E-state index in [0.29, 0.717) is 36.1 Å². The van der Waals surface area contributed by atoms with Gasteiger partial charge in [0, 0.05) is 41.9 Å². The SMILES string of the molecule is CN=C(NCCNC(=O)c1cccc(Br)c1)Nc1ccc(OC)c(OC)c1. The predicted octanol–water partition coefficient (Wildman–Crippen LogP) is 2.88. The third-order valence-corrected chi connectivity index (χ3v) is 4.15. The van der Waals surface area contributed by atoms with Crippen LogP contribution in [0.3, 0.4) is 0 Å². The Labute approximate surface area is 167 Å². The number of ether oxygens (including phenoxy) is 2. The summed E-state index contributed by atoms with van der Waals surface area (Å²) in [6.45, 7) is 0.977. The molecule has 0 fully saturated rings. The molecule has 0 saturated heterocycles. The minimum Gasteiger partial charge on any atom is -0.493 e. The molecule has 2 rings (SSSR count). The minimum atomic E-state index is -0.124. The average molecular weight is 435 g/mol. The van der Waals surface area contributed by atoms with Crippen LogP contribution in [0.5, 0.6) is 11.5 Å². The lowest BCUT2D eigenvalue weighted by molar-refractivity contribution is 0.0954. The molecule has 0 aliphatic rings. The van der Waals surface area contributed by atoms with Gasteiger partial charge in [0.1, 0.15) is 0 Å². The van der Waals surface area contributed by atoms with E-state index in [4.69, 9.17) is 9.47 Å². The Morgan fingerprint density at radius 3 is 2.44 bits per heavy atom. The number of nitrogens with one attached hydrogen (secondary N) is 3. The second-order valence-corrected chi connectivity index (χ2v) is 6.38. The first-order valence-corrected chi connectivity index (χ1v) is 9.10. The van der Waals surface area contributed by atoms with E-state index in [9.17, 15) is 4.79 Å². The van der Waals surface area contributed by atoms with Crippen molar-refractivity contribution in [3.05, 3.63) is 52.5 Å². The summed E-state index contributed by atoms with van der Waals surface area (Å²) >= 11 is 3.36. The number of carbonyl (C=O) groups is 1. The van der Waals surface area contributed by atoms with E-state index < -0.39 is 0 Å². The Hall–Kier alpha value is -2.74. The number of anilines is 1. The smallest absolute Gasteiger partial charge is 0.251 e. The molecule has 144 valence electrons. The third-order valence-electron chi connectivity index (χ3n) is 3.66. The van der Waals surface area contributed by atoms with Gasteiger partial charge in [0.25, 0.3) is 5.91 Å². The molecule has 2 aromatic carbocycles. The highest BCUT2D eigenvalue weighted by atomic mass is 79.9. The summed E-state index contributed by atoms with van der Waals surface area (Å²) in [6.07, 6.45) is 0. The number of hydrogen-bond donors (Lipinski definition) is 3. The van der Waals surface area contributed by atoms with Crippen LogP contribution in [0.2, 0.25) is 0 Å². The van der Waals surface area contributed by atoms with Crippen LogP contribution >= 0.6 is 15.9 Å². The van der Waals surface area contributed by atoms with Gasteiger partial charge >= 0.3 is 0 Å². The van der Waals surface area contributed by atoms with Crippen LogP contribution in [-0.4, -0.2) is 46.2 Å². The van der Waals surface area contributed by atoms with Gasteiger partial charge in [0.05, 0.1) is 14.2 Å². The summed E-state index contributed by atoms with van der Waals surface area (Å²) < 4.78 is 11.4. The second kappa shape index (κ2) is 10.4. The van der Waals surface area contributed by atoms with Gasteiger partial charge in [-0.25, -0.2) is 0 Å². The molecule has 0 spiro atoms. The number of methoxy groups -OCH3 is 2. The number of amides is 1. The topological polar surface area (TPSA) is 84.0 Å². The third kappa shape index (κ3) is 6.18. The number of benzene rings is 2. The zero-order valence-electron chi connectivity index (χ0n) is 15.5. The van der Waals surface area contributed by atoms with Gasteiger partial charge in [0.2, 0.25) is 0 Å². The number of carbonyl (C=O) groups excluding carboxylic acids is 1. The standard InChI is InChI=1S/C19H23BrN4O3/c1-21-19(24-15-7-8-16(26-2)17(12-15)27-3)23-10-9-22-18(25)13-5-4-6-14(20)11-13/h4-8,11-12H,9-10H2,1-3H3,(H,22,25)(H2,21,23,24). The number of rotatable bonds is 7. The van der Waals surface area contributed by atoms with Crippen molar-refractivity contribution in [1.82, 2.24) is 10.6 Å². The van der Waals surface area contributed by atoms with E-state index >= 15 is 0 Å². The first kappa shape index (κ1) is 20.6. The van der Waals surface area contributed by atoms with Crippen LogP contribution in [0, 0.1) is 0 Å². The summed E-state index contributed by atoms with van der Waals surface area (Å²) in [5.74, 6) is 1.74. The maximum Gasteiger partial charge on any atom is 0.251 e. The van der Waals surface area contributed by atoms with E-state index in [2.05, 4.69) is 36.9 Å². The Morgan fingerprint density at radius 1 is 1.04 bits per heavy atom. The molecule has 8 heteroatoms. The highest BCUT2D eigenvalue weighted by molar-refractivity contribution is 9.10. The van der Waals surface area contributed by atoms with Crippen molar-refractivity contribution in [3.63, 3.8) is 0 Å². The van der Waals surface area contributed by atoms with Crippen LogP contribution in [0.15, 0.2) is 51.9 Å². The molecule has 0 bridgehead atoms. The molecular weight excluding hydrogens is 412 g/mol. The van der Waals surface area contributed by atoms with E-state index in [1.165, 1.54) is 0 Å². The van der Waals surface area contributed by atoms with Crippen molar-refractivity contribution in [2.45, 2.75) is 0 Å². The largest absolute Gasteiger partial charge is 0.493 e.